The number of nitrogens with zero attached hydrogens (tertiary/aromatic N) is 1. The Labute approximate surface area is 178 Å². The Kier molecular flexibility index (Phi) is 7.59. The molecule has 0 spiro atoms. The van der Waals surface area contributed by atoms with Crippen molar-refractivity contribution in [3.8, 4) is 5.75 Å². The van der Waals surface area contributed by atoms with E-state index in [2.05, 4.69) is 5.32 Å². The van der Waals surface area contributed by atoms with Crippen LogP contribution in [0.1, 0.15) is 44.4 Å². The molecule has 0 saturated carbocycles. The highest BCUT2D eigenvalue weighted by molar-refractivity contribution is 5.88. The fourth-order valence-electron chi connectivity index (χ4n) is 3.03. The van der Waals surface area contributed by atoms with Crippen LogP contribution in [0, 0.1) is 19.7 Å². The highest BCUT2D eigenvalue weighted by Crippen LogP contribution is 2.19. The number of ether oxygens (including phenoxy) is 1. The van der Waals surface area contributed by atoms with E-state index >= 15 is 0 Å². The minimum Gasteiger partial charge on any atom is -0.483 e. The van der Waals surface area contributed by atoms with Crippen molar-refractivity contribution in [2.75, 3.05) is 6.61 Å². The zero-order valence-corrected chi connectivity index (χ0v) is 18.6. The summed E-state index contributed by atoms with van der Waals surface area (Å²) in [5.41, 5.74) is 2.35. The van der Waals surface area contributed by atoms with Crippen LogP contribution in [0.15, 0.2) is 42.5 Å². The molecule has 0 heterocycles. The Bertz CT molecular complexity index is 888. The zero-order chi connectivity index (χ0) is 22.5. The molecular formula is C24H31FN2O3. The van der Waals surface area contributed by atoms with Crippen LogP contribution in [0.25, 0.3) is 0 Å². The maximum atomic E-state index is 13.3. The van der Waals surface area contributed by atoms with E-state index in [1.165, 1.54) is 17.0 Å². The average molecular weight is 415 g/mol. The summed E-state index contributed by atoms with van der Waals surface area (Å²) in [6.07, 6.45) is 0. The Balaban J connectivity index is 2.18. The number of amides is 2. The SMILES string of the molecule is Cc1ccc(OCC(=O)N(Cc2ccc(F)cc2)C(C)C(=O)NC(C)(C)C)c(C)c1. The Hall–Kier alpha value is -2.89. The first-order valence-corrected chi connectivity index (χ1v) is 10.0. The molecule has 0 aromatic heterocycles. The largest absolute Gasteiger partial charge is 0.483 e. The lowest BCUT2D eigenvalue weighted by Crippen LogP contribution is -2.53. The van der Waals surface area contributed by atoms with Gasteiger partial charge in [-0.25, -0.2) is 4.39 Å². The van der Waals surface area contributed by atoms with E-state index < -0.39 is 11.6 Å². The molecule has 2 amide bonds. The maximum absolute atomic E-state index is 13.3. The topological polar surface area (TPSA) is 58.6 Å². The van der Waals surface area contributed by atoms with Crippen LogP contribution in [-0.4, -0.2) is 34.9 Å². The first kappa shape index (κ1) is 23.4. The maximum Gasteiger partial charge on any atom is 0.261 e. The van der Waals surface area contributed by atoms with Crippen molar-refractivity contribution >= 4 is 11.8 Å². The predicted molar refractivity (Wildman–Crippen MR) is 116 cm³/mol. The second-order valence-corrected chi connectivity index (χ2v) is 8.62. The normalized spacial score (nSPS) is 12.2. The third kappa shape index (κ3) is 6.87. The lowest BCUT2D eigenvalue weighted by molar-refractivity contribution is -0.142. The van der Waals surface area contributed by atoms with Gasteiger partial charge in [-0.3, -0.25) is 9.59 Å². The van der Waals surface area contributed by atoms with Crippen LogP contribution in [0.3, 0.4) is 0 Å². The minimum absolute atomic E-state index is 0.175. The van der Waals surface area contributed by atoms with Crippen molar-refractivity contribution in [1.29, 1.82) is 0 Å². The molecule has 5 nitrogen and oxygen atoms in total. The number of carbonyl (C=O) groups excluding carboxylic acids is 2. The first-order valence-electron chi connectivity index (χ1n) is 10.0. The van der Waals surface area contributed by atoms with Crippen LogP contribution in [-0.2, 0) is 16.1 Å². The summed E-state index contributed by atoms with van der Waals surface area (Å²) in [6.45, 7) is 11.2. The van der Waals surface area contributed by atoms with E-state index in [1.807, 2.05) is 52.8 Å². The summed E-state index contributed by atoms with van der Waals surface area (Å²) in [4.78, 5) is 27.2. The molecule has 0 aliphatic carbocycles. The fourth-order valence-corrected chi connectivity index (χ4v) is 3.03. The molecule has 30 heavy (non-hydrogen) atoms. The summed E-state index contributed by atoms with van der Waals surface area (Å²) in [5.74, 6) is -0.309. The number of aryl methyl sites for hydroxylation is 2. The Morgan fingerprint density at radius 3 is 2.30 bits per heavy atom. The molecule has 0 saturated heterocycles. The molecule has 2 rings (SSSR count). The van der Waals surface area contributed by atoms with Gasteiger partial charge in [0.15, 0.2) is 6.61 Å². The van der Waals surface area contributed by atoms with Crippen LogP contribution >= 0.6 is 0 Å². The standard InChI is InChI=1S/C24H31FN2O3/c1-16-7-12-21(17(2)13-16)30-15-22(28)27(14-19-8-10-20(25)11-9-19)18(3)23(29)26-24(4,5)6/h7-13,18H,14-15H2,1-6H3,(H,26,29). The summed E-state index contributed by atoms with van der Waals surface area (Å²) < 4.78 is 19.0. The van der Waals surface area contributed by atoms with Crippen LogP contribution in [0.5, 0.6) is 5.75 Å². The molecule has 0 bridgehead atoms. The second-order valence-electron chi connectivity index (χ2n) is 8.62. The first-order chi connectivity index (χ1) is 14.0. The number of benzene rings is 2. The van der Waals surface area contributed by atoms with E-state index in [-0.39, 0.29) is 30.8 Å². The predicted octanol–water partition coefficient (Wildman–Crippen LogP) is 4.15. The van der Waals surface area contributed by atoms with E-state index in [0.717, 1.165) is 16.7 Å². The smallest absolute Gasteiger partial charge is 0.261 e. The van der Waals surface area contributed by atoms with Crippen molar-refractivity contribution in [2.45, 2.75) is 59.7 Å². The summed E-state index contributed by atoms with van der Waals surface area (Å²) in [5, 5.41) is 2.90. The third-order valence-corrected chi connectivity index (χ3v) is 4.61. The van der Waals surface area contributed by atoms with Gasteiger partial charge in [0.05, 0.1) is 0 Å². The summed E-state index contributed by atoms with van der Waals surface area (Å²) >= 11 is 0. The number of hydrogen-bond donors (Lipinski definition) is 1. The molecular weight excluding hydrogens is 383 g/mol. The molecule has 1 unspecified atom stereocenters. The molecule has 2 aromatic rings. The molecule has 0 aliphatic heterocycles. The molecule has 1 atom stereocenters. The van der Waals surface area contributed by atoms with Crippen molar-refractivity contribution in [1.82, 2.24) is 10.2 Å². The Morgan fingerprint density at radius 2 is 1.73 bits per heavy atom. The summed E-state index contributed by atoms with van der Waals surface area (Å²) in [6, 6.07) is 10.9. The van der Waals surface area contributed by atoms with Crippen LogP contribution in [0.4, 0.5) is 4.39 Å². The number of carbonyl (C=O) groups is 2. The van der Waals surface area contributed by atoms with E-state index in [1.54, 1.807) is 19.1 Å². The fraction of sp³-hybridized carbons (Fsp3) is 0.417. The molecule has 0 radical (unpaired) electrons. The molecule has 0 fully saturated rings. The molecule has 1 N–H and O–H groups in total. The van der Waals surface area contributed by atoms with E-state index in [4.69, 9.17) is 4.74 Å². The van der Waals surface area contributed by atoms with Gasteiger partial charge in [-0.15, -0.1) is 0 Å². The highest BCUT2D eigenvalue weighted by Gasteiger charge is 2.28. The number of rotatable bonds is 7. The van der Waals surface area contributed by atoms with Crippen molar-refractivity contribution < 1.29 is 18.7 Å². The van der Waals surface area contributed by atoms with Crippen LogP contribution in [0.2, 0.25) is 0 Å². The molecule has 162 valence electrons. The van der Waals surface area contributed by atoms with E-state index in [9.17, 15) is 14.0 Å². The number of halogens is 1. The second kappa shape index (κ2) is 9.74. The molecule has 6 heteroatoms. The van der Waals surface area contributed by atoms with Crippen molar-refractivity contribution in [3.05, 3.63) is 65.0 Å². The Morgan fingerprint density at radius 1 is 1.10 bits per heavy atom. The van der Waals surface area contributed by atoms with Crippen LogP contribution < -0.4 is 10.1 Å². The van der Waals surface area contributed by atoms with Gasteiger partial charge in [0.1, 0.15) is 17.6 Å². The number of hydrogen-bond acceptors (Lipinski definition) is 3. The quantitative estimate of drug-likeness (QED) is 0.740. The van der Waals surface area contributed by atoms with Gasteiger partial charge in [0.2, 0.25) is 5.91 Å². The third-order valence-electron chi connectivity index (χ3n) is 4.61. The lowest BCUT2D eigenvalue weighted by atomic mass is 10.1. The average Bonchev–Trinajstić information content (AvgIpc) is 2.64. The molecule has 2 aromatic carbocycles. The number of nitrogens with one attached hydrogen (secondary N) is 1. The van der Waals surface area contributed by atoms with Gasteiger partial charge in [0, 0.05) is 12.1 Å². The zero-order valence-electron chi connectivity index (χ0n) is 18.6. The van der Waals surface area contributed by atoms with Gasteiger partial charge < -0.3 is 15.0 Å². The summed E-state index contributed by atoms with van der Waals surface area (Å²) in [7, 11) is 0. The van der Waals surface area contributed by atoms with E-state index in [0.29, 0.717) is 5.75 Å². The molecule has 0 aliphatic rings. The van der Waals surface area contributed by atoms with Crippen molar-refractivity contribution in [2.24, 2.45) is 0 Å². The van der Waals surface area contributed by atoms with Gasteiger partial charge in [-0.2, -0.15) is 0 Å². The highest BCUT2D eigenvalue weighted by atomic mass is 19.1. The minimum atomic E-state index is -0.718. The van der Waals surface area contributed by atoms with Crippen molar-refractivity contribution in [3.63, 3.8) is 0 Å². The van der Waals surface area contributed by atoms with Gasteiger partial charge in [-0.05, 0) is 70.9 Å². The van der Waals surface area contributed by atoms with Gasteiger partial charge in [0.25, 0.3) is 5.91 Å². The lowest BCUT2D eigenvalue weighted by Gasteiger charge is -2.31. The van der Waals surface area contributed by atoms with Gasteiger partial charge >= 0.3 is 0 Å². The van der Waals surface area contributed by atoms with Gasteiger partial charge in [-0.1, -0.05) is 29.8 Å². The monoisotopic (exact) mass is 414 g/mol.